The first-order chi connectivity index (χ1) is 9.85. The number of benzene rings is 1. The largest absolute Gasteiger partial charge is 0.423 e. The molecule has 4 rings (SSSR count). The van der Waals surface area contributed by atoms with Crippen molar-refractivity contribution >= 4 is 0 Å². The fourth-order valence-corrected chi connectivity index (χ4v) is 3.52. The summed E-state index contributed by atoms with van der Waals surface area (Å²) in [6.45, 7) is 0. The van der Waals surface area contributed by atoms with Gasteiger partial charge >= 0.3 is 0 Å². The highest BCUT2D eigenvalue weighted by atomic mass is 16.4. The van der Waals surface area contributed by atoms with E-state index in [9.17, 15) is 0 Å². The summed E-state index contributed by atoms with van der Waals surface area (Å²) in [4.78, 5) is 0. The van der Waals surface area contributed by atoms with Crippen LogP contribution in [0.2, 0.25) is 0 Å². The van der Waals surface area contributed by atoms with Crippen LogP contribution in [0, 0.1) is 11.8 Å². The van der Waals surface area contributed by atoms with Crippen LogP contribution in [0.25, 0.3) is 0 Å². The second kappa shape index (κ2) is 4.70. The van der Waals surface area contributed by atoms with Crippen LogP contribution in [0.4, 0.5) is 0 Å². The van der Waals surface area contributed by atoms with Crippen LogP contribution in [-0.4, -0.2) is 17.2 Å². The van der Waals surface area contributed by atoms with Gasteiger partial charge in [-0.15, -0.1) is 10.2 Å². The first-order valence-electron chi connectivity index (χ1n) is 7.40. The van der Waals surface area contributed by atoms with E-state index in [0.717, 1.165) is 23.3 Å². The molecule has 3 atom stereocenters. The molecule has 2 aliphatic carbocycles. The highest BCUT2D eigenvalue weighted by Crippen LogP contribution is 2.57. The SMILES string of the molecule is CNC(c1ccccc1)c1nnc(C2CC3CC3C2)o1. The van der Waals surface area contributed by atoms with E-state index < -0.39 is 0 Å². The Morgan fingerprint density at radius 3 is 2.55 bits per heavy atom. The van der Waals surface area contributed by atoms with E-state index >= 15 is 0 Å². The Hall–Kier alpha value is -1.68. The van der Waals surface area contributed by atoms with Crippen molar-refractivity contribution in [2.75, 3.05) is 7.05 Å². The van der Waals surface area contributed by atoms with E-state index in [2.05, 4.69) is 27.6 Å². The Bertz CT molecular complexity index is 585. The molecule has 1 N–H and O–H groups in total. The summed E-state index contributed by atoms with van der Waals surface area (Å²) in [6.07, 6.45) is 3.89. The summed E-state index contributed by atoms with van der Waals surface area (Å²) in [7, 11) is 1.92. The van der Waals surface area contributed by atoms with Crippen LogP contribution < -0.4 is 5.32 Å². The Morgan fingerprint density at radius 1 is 1.10 bits per heavy atom. The average Bonchev–Trinajstić information content (AvgIpc) is 2.92. The summed E-state index contributed by atoms with van der Waals surface area (Å²) in [5.41, 5.74) is 1.15. The van der Waals surface area contributed by atoms with E-state index in [1.807, 2.05) is 25.2 Å². The number of hydrogen-bond acceptors (Lipinski definition) is 4. The van der Waals surface area contributed by atoms with Crippen molar-refractivity contribution < 1.29 is 4.42 Å². The van der Waals surface area contributed by atoms with Gasteiger partial charge in [-0.1, -0.05) is 30.3 Å². The standard InChI is InChI=1S/C16H19N3O/c1-17-14(10-5-3-2-4-6-10)16-19-18-15(20-16)13-8-11-7-12(11)9-13/h2-6,11-14,17H,7-9H2,1H3. The Balaban J connectivity index is 1.57. The lowest BCUT2D eigenvalue weighted by molar-refractivity contribution is 0.382. The zero-order chi connectivity index (χ0) is 13.5. The normalized spacial score (nSPS) is 29.1. The number of fused-ring (bicyclic) bond motifs is 1. The summed E-state index contributed by atoms with van der Waals surface area (Å²) in [6, 6.07) is 10.2. The topological polar surface area (TPSA) is 51.0 Å². The maximum absolute atomic E-state index is 5.96. The smallest absolute Gasteiger partial charge is 0.237 e. The zero-order valence-corrected chi connectivity index (χ0v) is 11.6. The van der Waals surface area contributed by atoms with Crippen LogP contribution >= 0.6 is 0 Å². The molecule has 2 fully saturated rings. The van der Waals surface area contributed by atoms with E-state index in [1.54, 1.807) is 0 Å². The molecule has 4 nitrogen and oxygen atoms in total. The first kappa shape index (κ1) is 12.1. The number of aromatic nitrogens is 2. The van der Waals surface area contributed by atoms with E-state index in [-0.39, 0.29) is 6.04 Å². The van der Waals surface area contributed by atoms with Gasteiger partial charge in [0.15, 0.2) is 0 Å². The lowest BCUT2D eigenvalue weighted by Gasteiger charge is -2.12. The molecule has 0 aliphatic heterocycles. The van der Waals surface area contributed by atoms with Gasteiger partial charge in [0.1, 0.15) is 6.04 Å². The van der Waals surface area contributed by atoms with Gasteiger partial charge in [-0.05, 0) is 43.7 Å². The van der Waals surface area contributed by atoms with Gasteiger partial charge in [-0.3, -0.25) is 0 Å². The molecule has 1 heterocycles. The second-order valence-electron chi connectivity index (χ2n) is 6.04. The van der Waals surface area contributed by atoms with Crippen molar-refractivity contribution in [2.24, 2.45) is 11.8 Å². The van der Waals surface area contributed by atoms with Crippen LogP contribution in [0.3, 0.4) is 0 Å². The predicted octanol–water partition coefficient (Wildman–Crippen LogP) is 2.89. The quantitative estimate of drug-likeness (QED) is 0.927. The van der Waals surface area contributed by atoms with E-state index in [1.165, 1.54) is 19.3 Å². The van der Waals surface area contributed by atoms with Gasteiger partial charge < -0.3 is 9.73 Å². The molecule has 1 aromatic carbocycles. The molecular formula is C16H19N3O. The minimum atomic E-state index is -0.0200. The molecule has 1 aromatic heterocycles. The van der Waals surface area contributed by atoms with Gasteiger partial charge in [-0.25, -0.2) is 0 Å². The predicted molar refractivity (Wildman–Crippen MR) is 75.2 cm³/mol. The zero-order valence-electron chi connectivity index (χ0n) is 11.6. The van der Waals surface area contributed by atoms with Crippen molar-refractivity contribution in [2.45, 2.75) is 31.2 Å². The number of nitrogens with zero attached hydrogens (tertiary/aromatic N) is 2. The van der Waals surface area contributed by atoms with Crippen molar-refractivity contribution in [3.05, 3.63) is 47.7 Å². The molecular weight excluding hydrogens is 250 g/mol. The van der Waals surface area contributed by atoms with Crippen molar-refractivity contribution in [1.29, 1.82) is 0 Å². The van der Waals surface area contributed by atoms with Crippen molar-refractivity contribution in [1.82, 2.24) is 15.5 Å². The van der Waals surface area contributed by atoms with Gasteiger partial charge in [-0.2, -0.15) is 0 Å². The molecule has 0 bridgehead atoms. The van der Waals surface area contributed by atoms with Crippen molar-refractivity contribution in [3.8, 4) is 0 Å². The van der Waals surface area contributed by atoms with Crippen molar-refractivity contribution in [3.63, 3.8) is 0 Å². The lowest BCUT2D eigenvalue weighted by atomic mass is 10.0. The summed E-state index contributed by atoms with van der Waals surface area (Å²) in [5.74, 6) is 3.88. The Morgan fingerprint density at radius 2 is 1.85 bits per heavy atom. The summed E-state index contributed by atoms with van der Waals surface area (Å²) >= 11 is 0. The third kappa shape index (κ3) is 2.04. The fraction of sp³-hybridized carbons (Fsp3) is 0.500. The monoisotopic (exact) mass is 269 g/mol. The molecule has 3 unspecified atom stereocenters. The van der Waals surface area contributed by atoms with Gasteiger partial charge in [0.05, 0.1) is 0 Å². The molecule has 20 heavy (non-hydrogen) atoms. The molecule has 2 aromatic rings. The van der Waals surface area contributed by atoms with Gasteiger partial charge in [0.25, 0.3) is 0 Å². The minimum absolute atomic E-state index is 0.0200. The van der Waals surface area contributed by atoms with E-state index in [4.69, 9.17) is 4.42 Å². The van der Waals surface area contributed by atoms with Gasteiger partial charge in [0, 0.05) is 5.92 Å². The number of rotatable bonds is 4. The lowest BCUT2D eigenvalue weighted by Crippen LogP contribution is -2.17. The Labute approximate surface area is 118 Å². The number of hydrogen-bond donors (Lipinski definition) is 1. The van der Waals surface area contributed by atoms with Crippen LogP contribution in [-0.2, 0) is 0 Å². The highest BCUT2D eigenvalue weighted by molar-refractivity contribution is 5.23. The van der Waals surface area contributed by atoms with Crippen LogP contribution in [0.1, 0.15) is 48.6 Å². The Kier molecular flexibility index (Phi) is 2.84. The van der Waals surface area contributed by atoms with Gasteiger partial charge in [0.2, 0.25) is 11.8 Å². The molecule has 104 valence electrons. The number of nitrogens with one attached hydrogen (secondary N) is 1. The second-order valence-corrected chi connectivity index (χ2v) is 6.04. The average molecular weight is 269 g/mol. The molecule has 0 saturated heterocycles. The van der Waals surface area contributed by atoms with Crippen LogP contribution in [0.5, 0.6) is 0 Å². The molecule has 0 radical (unpaired) electrons. The maximum atomic E-state index is 5.96. The molecule has 0 amide bonds. The molecule has 2 saturated carbocycles. The molecule has 4 heteroatoms. The minimum Gasteiger partial charge on any atom is -0.423 e. The highest BCUT2D eigenvalue weighted by Gasteiger charge is 2.47. The molecule has 0 spiro atoms. The fourth-order valence-electron chi connectivity index (χ4n) is 3.52. The third-order valence-electron chi connectivity index (χ3n) is 4.72. The first-order valence-corrected chi connectivity index (χ1v) is 7.40. The molecule has 2 aliphatic rings. The maximum Gasteiger partial charge on any atom is 0.237 e. The summed E-state index contributed by atoms with van der Waals surface area (Å²) < 4.78 is 5.96. The summed E-state index contributed by atoms with van der Waals surface area (Å²) in [5, 5.41) is 11.8. The third-order valence-corrected chi connectivity index (χ3v) is 4.72. The van der Waals surface area contributed by atoms with Crippen LogP contribution in [0.15, 0.2) is 34.7 Å². The van der Waals surface area contributed by atoms with E-state index in [0.29, 0.717) is 11.8 Å².